The second-order valence-corrected chi connectivity index (χ2v) is 17.2. The van der Waals surface area contributed by atoms with Crippen LogP contribution in [-0.2, 0) is 4.79 Å². The lowest BCUT2D eigenvalue weighted by Gasteiger charge is -2.27. The molecule has 0 rings (SSSR count). The summed E-state index contributed by atoms with van der Waals surface area (Å²) in [6.45, 7) is 4.05. The van der Waals surface area contributed by atoms with Gasteiger partial charge in [-0.05, 0) is 51.4 Å². The van der Waals surface area contributed by atoms with Gasteiger partial charge in [0.25, 0.3) is 0 Å². The number of unbranched alkanes of at least 4 members (excludes halogenated alkanes) is 32. The maximum atomic E-state index is 12.5. The smallest absolute Gasteiger partial charge is 0.249 e. The van der Waals surface area contributed by atoms with E-state index in [0.29, 0.717) is 19.3 Å². The molecule has 0 bridgehead atoms. The lowest BCUT2D eigenvalue weighted by Crippen LogP contribution is -2.53. The molecule has 6 heteroatoms. The Bertz CT molecular complexity index is 847. The molecule has 0 spiro atoms. The van der Waals surface area contributed by atoms with Gasteiger partial charge >= 0.3 is 0 Å². The molecule has 0 aromatic rings. The van der Waals surface area contributed by atoms with Crippen LogP contribution in [0, 0.1) is 0 Å². The van der Waals surface area contributed by atoms with Crippen LogP contribution in [0.25, 0.3) is 0 Å². The fourth-order valence-electron chi connectivity index (χ4n) is 7.72. The molecule has 332 valence electrons. The molecule has 56 heavy (non-hydrogen) atoms. The van der Waals surface area contributed by atoms with Gasteiger partial charge in [-0.15, -0.1) is 0 Å². The van der Waals surface area contributed by atoms with Crippen LogP contribution in [-0.4, -0.2) is 57.3 Å². The highest BCUT2D eigenvalue weighted by atomic mass is 16.3. The quantitative estimate of drug-likeness (QED) is 0.0312. The van der Waals surface area contributed by atoms with Crippen LogP contribution in [0.3, 0.4) is 0 Å². The monoisotopic (exact) mass is 792 g/mol. The molecule has 0 saturated heterocycles. The van der Waals surface area contributed by atoms with Crippen LogP contribution in [0.4, 0.5) is 0 Å². The van der Waals surface area contributed by atoms with Crippen LogP contribution in [0.15, 0.2) is 24.3 Å². The number of carbonyl (C=O) groups excluding carboxylic acids is 1. The van der Waals surface area contributed by atoms with Crippen LogP contribution >= 0.6 is 0 Å². The van der Waals surface area contributed by atoms with Gasteiger partial charge < -0.3 is 25.7 Å². The molecule has 1 amide bonds. The maximum absolute atomic E-state index is 12.5. The summed E-state index contributed by atoms with van der Waals surface area (Å²) in [6.07, 6.45) is 52.2. The molecule has 4 atom stereocenters. The van der Waals surface area contributed by atoms with Crippen molar-refractivity contribution in [2.24, 2.45) is 0 Å². The summed E-state index contributed by atoms with van der Waals surface area (Å²) < 4.78 is 0. The third-order valence-electron chi connectivity index (χ3n) is 11.6. The van der Waals surface area contributed by atoms with Crippen molar-refractivity contribution in [3.63, 3.8) is 0 Å². The highest BCUT2D eigenvalue weighted by molar-refractivity contribution is 5.80. The first-order valence-corrected chi connectivity index (χ1v) is 24.7. The summed E-state index contributed by atoms with van der Waals surface area (Å²) in [5.41, 5.74) is 0. The van der Waals surface area contributed by atoms with Crippen molar-refractivity contribution in [2.45, 2.75) is 282 Å². The van der Waals surface area contributed by atoms with Gasteiger partial charge in [0.05, 0.1) is 18.8 Å². The lowest BCUT2D eigenvalue weighted by atomic mass is 10.00. The molecule has 0 heterocycles. The zero-order valence-electron chi connectivity index (χ0n) is 37.4. The van der Waals surface area contributed by atoms with E-state index in [-0.39, 0.29) is 0 Å². The molecular weight excluding hydrogens is 695 g/mol. The third-order valence-corrected chi connectivity index (χ3v) is 11.6. The van der Waals surface area contributed by atoms with Gasteiger partial charge in [0.1, 0.15) is 12.2 Å². The average Bonchev–Trinajstić information content (AvgIpc) is 3.20. The Hall–Kier alpha value is -1.21. The Labute approximate surface area is 348 Å². The number of aliphatic hydroxyl groups is 4. The Morgan fingerprint density at radius 3 is 1.12 bits per heavy atom. The number of hydrogen-bond acceptors (Lipinski definition) is 5. The normalized spacial score (nSPS) is 14.2. The summed E-state index contributed by atoms with van der Waals surface area (Å²) in [5.74, 6) is -0.594. The number of amides is 1. The predicted octanol–water partition coefficient (Wildman–Crippen LogP) is 13.5. The molecule has 0 aromatic heterocycles. The van der Waals surface area contributed by atoms with Crippen LogP contribution in [0.1, 0.15) is 258 Å². The largest absolute Gasteiger partial charge is 0.394 e. The van der Waals surface area contributed by atoms with E-state index in [9.17, 15) is 25.2 Å². The highest BCUT2D eigenvalue weighted by Gasteiger charge is 2.28. The fraction of sp³-hybridized carbons (Fsp3) is 0.900. The van der Waals surface area contributed by atoms with E-state index in [1.807, 2.05) is 0 Å². The van der Waals surface area contributed by atoms with E-state index in [2.05, 4.69) is 43.5 Å². The Kier molecular flexibility index (Phi) is 43.9. The minimum Gasteiger partial charge on any atom is -0.394 e. The second-order valence-electron chi connectivity index (χ2n) is 17.2. The Morgan fingerprint density at radius 1 is 0.429 bits per heavy atom. The molecule has 0 aliphatic rings. The first kappa shape index (κ1) is 54.8. The molecule has 0 fully saturated rings. The van der Waals surface area contributed by atoms with Crippen molar-refractivity contribution >= 4 is 5.91 Å². The minimum absolute atomic E-state index is 0.364. The summed E-state index contributed by atoms with van der Waals surface area (Å²) in [5, 5.41) is 43.8. The van der Waals surface area contributed by atoms with Crippen LogP contribution in [0.5, 0.6) is 0 Å². The first-order valence-electron chi connectivity index (χ1n) is 24.7. The highest BCUT2D eigenvalue weighted by Crippen LogP contribution is 2.17. The van der Waals surface area contributed by atoms with Gasteiger partial charge in [0.15, 0.2) is 0 Å². The lowest BCUT2D eigenvalue weighted by molar-refractivity contribution is -0.132. The molecule has 0 aromatic carbocycles. The minimum atomic E-state index is -1.29. The number of allylic oxidation sites excluding steroid dienone is 4. The Morgan fingerprint density at radius 2 is 0.750 bits per heavy atom. The van der Waals surface area contributed by atoms with E-state index in [0.717, 1.165) is 38.5 Å². The molecule has 0 saturated carbocycles. The zero-order valence-corrected chi connectivity index (χ0v) is 37.4. The van der Waals surface area contributed by atoms with Crippen molar-refractivity contribution < 1.29 is 25.2 Å². The van der Waals surface area contributed by atoms with Gasteiger partial charge in [-0.25, -0.2) is 0 Å². The van der Waals surface area contributed by atoms with Gasteiger partial charge in [-0.1, -0.05) is 231 Å². The molecule has 0 radical (unpaired) electrons. The SMILES string of the molecule is CCCCCCCCCC/C=C/CC/C=C/CCCC(O)C(O)C(CO)NC(=O)C(O)CCCCCCCCCCCCCCCCCCCCCCCCC. The predicted molar refractivity (Wildman–Crippen MR) is 242 cm³/mol. The van der Waals surface area contributed by atoms with E-state index in [1.54, 1.807) is 0 Å². The van der Waals surface area contributed by atoms with Crippen molar-refractivity contribution in [3.05, 3.63) is 24.3 Å². The average molecular weight is 792 g/mol. The summed E-state index contributed by atoms with van der Waals surface area (Å²) in [4.78, 5) is 12.5. The fourth-order valence-corrected chi connectivity index (χ4v) is 7.72. The number of rotatable bonds is 45. The van der Waals surface area contributed by atoms with E-state index in [1.165, 1.54) is 186 Å². The molecule has 6 nitrogen and oxygen atoms in total. The summed E-state index contributed by atoms with van der Waals surface area (Å²) >= 11 is 0. The van der Waals surface area contributed by atoms with Crippen molar-refractivity contribution in [1.82, 2.24) is 5.32 Å². The molecule has 4 unspecified atom stereocenters. The number of aliphatic hydroxyl groups excluding tert-OH is 4. The van der Waals surface area contributed by atoms with Crippen LogP contribution < -0.4 is 5.32 Å². The topological polar surface area (TPSA) is 110 Å². The van der Waals surface area contributed by atoms with Crippen molar-refractivity contribution in [2.75, 3.05) is 6.61 Å². The van der Waals surface area contributed by atoms with Crippen molar-refractivity contribution in [3.8, 4) is 0 Å². The first-order chi connectivity index (χ1) is 27.5. The number of carbonyl (C=O) groups is 1. The third kappa shape index (κ3) is 38.3. The Balaban J connectivity index is 3.70. The molecule has 0 aliphatic heterocycles. The van der Waals surface area contributed by atoms with Gasteiger partial charge in [-0.3, -0.25) is 4.79 Å². The van der Waals surface area contributed by atoms with E-state index >= 15 is 0 Å². The summed E-state index contributed by atoms with van der Waals surface area (Å²) in [6, 6.07) is -1.00. The summed E-state index contributed by atoms with van der Waals surface area (Å²) in [7, 11) is 0. The van der Waals surface area contributed by atoms with Gasteiger partial charge in [0.2, 0.25) is 5.91 Å². The zero-order chi connectivity index (χ0) is 41.0. The molecular formula is C50H97NO5. The van der Waals surface area contributed by atoms with Crippen LogP contribution in [0.2, 0.25) is 0 Å². The number of nitrogens with one attached hydrogen (secondary N) is 1. The maximum Gasteiger partial charge on any atom is 0.249 e. The van der Waals surface area contributed by atoms with E-state index < -0.39 is 36.9 Å². The molecule has 5 N–H and O–H groups in total. The van der Waals surface area contributed by atoms with Crippen molar-refractivity contribution in [1.29, 1.82) is 0 Å². The standard InChI is InChI=1S/C50H97NO5/c1-3-5-7-9-11-13-15-17-19-21-22-23-24-25-26-28-30-32-34-36-38-40-42-44-48(54)50(56)51-46(45-52)49(55)47(53)43-41-39-37-35-33-31-29-27-20-18-16-14-12-10-8-6-4-2/h27,29,35,37,46-49,52-55H,3-26,28,30-34,36,38-45H2,1-2H3,(H,51,56)/b29-27+,37-35+. The molecule has 0 aliphatic carbocycles. The number of hydrogen-bond donors (Lipinski definition) is 5. The van der Waals surface area contributed by atoms with Gasteiger partial charge in [-0.2, -0.15) is 0 Å². The van der Waals surface area contributed by atoms with E-state index in [4.69, 9.17) is 0 Å². The second kappa shape index (κ2) is 44.9. The van der Waals surface area contributed by atoms with Gasteiger partial charge in [0, 0.05) is 0 Å².